The van der Waals surface area contributed by atoms with Gasteiger partial charge in [0.2, 0.25) is 0 Å². The summed E-state index contributed by atoms with van der Waals surface area (Å²) in [4.78, 5) is 12.9. The number of ketones is 1. The summed E-state index contributed by atoms with van der Waals surface area (Å²) in [7, 11) is 1.65. The first-order chi connectivity index (χ1) is 7.29. The Labute approximate surface area is 95.0 Å². The molecule has 0 aromatic heterocycles. The third kappa shape index (κ3) is 3.68. The first-order valence-electron chi connectivity index (χ1n) is 4.94. The molecular weight excluding hydrogens is 208 g/mol. The summed E-state index contributed by atoms with van der Waals surface area (Å²) < 4.78 is 4.93. The second kappa shape index (κ2) is 6.64. The van der Waals surface area contributed by atoms with Crippen molar-refractivity contribution in [2.24, 2.45) is 0 Å². The zero-order valence-electron chi connectivity index (χ0n) is 9.16. The maximum atomic E-state index is 11.8. The lowest BCUT2D eigenvalue weighted by molar-refractivity contribution is 0.0960. The molecule has 1 aromatic carbocycles. The minimum absolute atomic E-state index is 0.206. The molecule has 1 rings (SSSR count). The van der Waals surface area contributed by atoms with Gasteiger partial charge in [-0.15, -0.1) is 11.8 Å². The van der Waals surface area contributed by atoms with E-state index >= 15 is 0 Å². The van der Waals surface area contributed by atoms with Crippen molar-refractivity contribution in [2.45, 2.75) is 17.7 Å². The van der Waals surface area contributed by atoms with Crippen LogP contribution in [0.3, 0.4) is 0 Å². The molecule has 1 aromatic rings. The Morgan fingerprint density at radius 1 is 1.40 bits per heavy atom. The second-order valence-electron chi connectivity index (χ2n) is 3.22. The van der Waals surface area contributed by atoms with E-state index < -0.39 is 0 Å². The minimum atomic E-state index is 0.206. The summed E-state index contributed by atoms with van der Waals surface area (Å²) in [6.07, 6.45) is 3.34. The van der Waals surface area contributed by atoms with E-state index in [9.17, 15) is 4.79 Å². The zero-order chi connectivity index (χ0) is 11.1. The van der Waals surface area contributed by atoms with E-state index in [2.05, 4.69) is 0 Å². The van der Waals surface area contributed by atoms with Gasteiger partial charge in [-0.05, 0) is 18.7 Å². The molecule has 0 atom stereocenters. The predicted molar refractivity (Wildman–Crippen MR) is 63.7 cm³/mol. The van der Waals surface area contributed by atoms with Crippen molar-refractivity contribution in [3.8, 4) is 0 Å². The molecule has 0 N–H and O–H groups in total. The van der Waals surface area contributed by atoms with Gasteiger partial charge in [-0.3, -0.25) is 4.79 Å². The number of carbonyl (C=O) groups excluding carboxylic acids is 1. The van der Waals surface area contributed by atoms with Gasteiger partial charge in [0.1, 0.15) is 0 Å². The van der Waals surface area contributed by atoms with Gasteiger partial charge in [0, 0.05) is 30.6 Å². The number of Topliss-reactive ketones (excluding diaryl/α,β-unsaturated/α-hetero) is 1. The van der Waals surface area contributed by atoms with Gasteiger partial charge in [0.05, 0.1) is 0 Å². The van der Waals surface area contributed by atoms with Crippen LogP contribution in [0.25, 0.3) is 0 Å². The first kappa shape index (κ1) is 12.3. The summed E-state index contributed by atoms with van der Waals surface area (Å²) in [6, 6.07) is 7.73. The van der Waals surface area contributed by atoms with Crippen molar-refractivity contribution in [3.63, 3.8) is 0 Å². The van der Waals surface area contributed by atoms with Crippen LogP contribution in [0.2, 0.25) is 0 Å². The van der Waals surface area contributed by atoms with Crippen LogP contribution in [0.4, 0.5) is 0 Å². The molecule has 0 unspecified atom stereocenters. The number of methoxy groups -OCH3 is 1. The topological polar surface area (TPSA) is 26.3 Å². The Morgan fingerprint density at radius 2 is 2.13 bits per heavy atom. The zero-order valence-corrected chi connectivity index (χ0v) is 9.97. The highest BCUT2D eigenvalue weighted by atomic mass is 32.2. The Balaban J connectivity index is 2.64. The lowest BCUT2D eigenvalue weighted by Gasteiger charge is -2.05. The van der Waals surface area contributed by atoms with Crippen LogP contribution in [0, 0.1) is 0 Å². The van der Waals surface area contributed by atoms with E-state index in [1.807, 2.05) is 30.5 Å². The Bertz CT molecular complexity index is 323. The monoisotopic (exact) mass is 224 g/mol. The molecule has 0 aliphatic heterocycles. The van der Waals surface area contributed by atoms with Gasteiger partial charge >= 0.3 is 0 Å². The number of thioether (sulfide) groups is 1. The number of rotatable bonds is 6. The Kier molecular flexibility index (Phi) is 5.43. The molecule has 0 saturated carbocycles. The van der Waals surface area contributed by atoms with Crippen LogP contribution in [0.15, 0.2) is 29.2 Å². The van der Waals surface area contributed by atoms with E-state index in [4.69, 9.17) is 4.74 Å². The highest BCUT2D eigenvalue weighted by molar-refractivity contribution is 7.98. The molecule has 0 saturated heterocycles. The molecule has 0 bridgehead atoms. The van der Waals surface area contributed by atoms with E-state index in [0.29, 0.717) is 13.0 Å². The average Bonchev–Trinajstić information content (AvgIpc) is 2.29. The summed E-state index contributed by atoms with van der Waals surface area (Å²) in [5.41, 5.74) is 0.834. The average molecular weight is 224 g/mol. The normalized spacial score (nSPS) is 10.3. The fourth-order valence-electron chi connectivity index (χ4n) is 1.39. The Morgan fingerprint density at radius 3 is 2.80 bits per heavy atom. The summed E-state index contributed by atoms with van der Waals surface area (Å²) in [6.45, 7) is 0.646. The van der Waals surface area contributed by atoms with Gasteiger partial charge in [-0.1, -0.05) is 18.2 Å². The van der Waals surface area contributed by atoms with Crippen LogP contribution >= 0.6 is 11.8 Å². The van der Waals surface area contributed by atoms with Gasteiger partial charge in [-0.25, -0.2) is 0 Å². The van der Waals surface area contributed by atoms with E-state index in [1.54, 1.807) is 18.9 Å². The molecule has 3 heteroatoms. The van der Waals surface area contributed by atoms with Crippen LogP contribution < -0.4 is 0 Å². The summed E-state index contributed by atoms with van der Waals surface area (Å²) >= 11 is 1.61. The van der Waals surface area contributed by atoms with Crippen LogP contribution in [0.5, 0.6) is 0 Å². The summed E-state index contributed by atoms with van der Waals surface area (Å²) in [5.74, 6) is 0.206. The van der Waals surface area contributed by atoms with Crippen molar-refractivity contribution in [1.82, 2.24) is 0 Å². The first-order valence-corrected chi connectivity index (χ1v) is 6.17. The maximum absolute atomic E-state index is 11.8. The molecule has 2 nitrogen and oxygen atoms in total. The molecule has 0 spiro atoms. The van der Waals surface area contributed by atoms with Crippen molar-refractivity contribution >= 4 is 17.5 Å². The molecule has 15 heavy (non-hydrogen) atoms. The molecule has 0 radical (unpaired) electrons. The molecule has 0 heterocycles. The molecule has 0 fully saturated rings. The standard InChI is InChI=1S/C12H16O2S/c1-14-9-5-7-11(13)10-6-3-4-8-12(10)15-2/h3-4,6,8H,5,7,9H2,1-2H3. The SMILES string of the molecule is COCCCC(=O)c1ccccc1SC. The quantitative estimate of drug-likeness (QED) is 0.422. The van der Waals surface area contributed by atoms with Crippen molar-refractivity contribution in [2.75, 3.05) is 20.0 Å². The van der Waals surface area contributed by atoms with Crippen molar-refractivity contribution < 1.29 is 9.53 Å². The highest BCUT2D eigenvalue weighted by Crippen LogP contribution is 2.21. The van der Waals surface area contributed by atoms with E-state index in [-0.39, 0.29) is 5.78 Å². The largest absolute Gasteiger partial charge is 0.385 e. The maximum Gasteiger partial charge on any atom is 0.164 e. The van der Waals surface area contributed by atoms with Crippen LogP contribution in [-0.4, -0.2) is 25.8 Å². The van der Waals surface area contributed by atoms with Crippen molar-refractivity contribution in [3.05, 3.63) is 29.8 Å². The number of ether oxygens (including phenoxy) is 1. The molecule has 82 valence electrons. The van der Waals surface area contributed by atoms with Crippen molar-refractivity contribution in [1.29, 1.82) is 0 Å². The van der Waals surface area contributed by atoms with E-state index in [0.717, 1.165) is 16.9 Å². The third-order valence-electron chi connectivity index (χ3n) is 2.16. The fraction of sp³-hybridized carbons (Fsp3) is 0.417. The smallest absolute Gasteiger partial charge is 0.164 e. The minimum Gasteiger partial charge on any atom is -0.385 e. The number of benzene rings is 1. The molecule has 0 aliphatic rings. The predicted octanol–water partition coefficient (Wildman–Crippen LogP) is 3.02. The lowest BCUT2D eigenvalue weighted by atomic mass is 10.1. The van der Waals surface area contributed by atoms with Gasteiger partial charge in [0.25, 0.3) is 0 Å². The van der Waals surface area contributed by atoms with Gasteiger partial charge in [0.15, 0.2) is 5.78 Å². The fourth-order valence-corrected chi connectivity index (χ4v) is 2.00. The number of hydrogen-bond donors (Lipinski definition) is 0. The van der Waals surface area contributed by atoms with Crippen LogP contribution in [-0.2, 0) is 4.74 Å². The molecule has 0 aliphatic carbocycles. The lowest BCUT2D eigenvalue weighted by Crippen LogP contribution is -2.02. The van der Waals surface area contributed by atoms with Crippen LogP contribution in [0.1, 0.15) is 23.2 Å². The summed E-state index contributed by atoms with van der Waals surface area (Å²) in [5, 5.41) is 0. The number of hydrogen-bond acceptors (Lipinski definition) is 3. The third-order valence-corrected chi connectivity index (χ3v) is 2.96. The Hall–Kier alpha value is -0.800. The molecular formula is C12H16O2S. The van der Waals surface area contributed by atoms with E-state index in [1.165, 1.54) is 0 Å². The second-order valence-corrected chi connectivity index (χ2v) is 4.07. The molecule has 0 amide bonds. The van der Waals surface area contributed by atoms with Gasteiger partial charge in [-0.2, -0.15) is 0 Å². The highest BCUT2D eigenvalue weighted by Gasteiger charge is 2.09. The number of carbonyl (C=O) groups is 1. The van der Waals surface area contributed by atoms with Gasteiger partial charge < -0.3 is 4.74 Å².